The number of anilines is 1. The summed E-state index contributed by atoms with van der Waals surface area (Å²) in [6.07, 6.45) is 4.84. The maximum Gasteiger partial charge on any atom is 0.226 e. The van der Waals surface area contributed by atoms with Crippen LogP contribution in [0.25, 0.3) is 0 Å². The number of amides is 2. The van der Waals surface area contributed by atoms with Gasteiger partial charge in [0.2, 0.25) is 11.8 Å². The summed E-state index contributed by atoms with van der Waals surface area (Å²) >= 11 is 0. The number of benzene rings is 1. The highest BCUT2D eigenvalue weighted by molar-refractivity contribution is 5.91. The summed E-state index contributed by atoms with van der Waals surface area (Å²) in [4.78, 5) is 25.9. The van der Waals surface area contributed by atoms with Gasteiger partial charge in [-0.25, -0.2) is 0 Å². The molecule has 132 valence electrons. The van der Waals surface area contributed by atoms with E-state index in [0.29, 0.717) is 19.0 Å². The summed E-state index contributed by atoms with van der Waals surface area (Å²) in [7, 11) is 0. The maximum absolute atomic E-state index is 12.2. The van der Waals surface area contributed by atoms with Crippen LogP contribution in [-0.4, -0.2) is 29.3 Å². The standard InChI is InChI=1S/C20H30N2O2/c1-15(23)22(18-7-5-6-8-18)14-13-19(24)21-17-11-9-16(10-12-17)20(2,3)4/h9-12,18H,5-8,13-14H2,1-4H3,(H,21,24). The van der Waals surface area contributed by atoms with Crippen LogP contribution in [0.3, 0.4) is 0 Å². The molecule has 1 aromatic rings. The van der Waals surface area contributed by atoms with Crippen molar-refractivity contribution in [2.24, 2.45) is 0 Å². The summed E-state index contributed by atoms with van der Waals surface area (Å²) < 4.78 is 0. The van der Waals surface area contributed by atoms with E-state index >= 15 is 0 Å². The third-order valence-corrected chi connectivity index (χ3v) is 4.78. The molecule has 0 saturated heterocycles. The third-order valence-electron chi connectivity index (χ3n) is 4.78. The van der Waals surface area contributed by atoms with Gasteiger partial charge in [-0.1, -0.05) is 45.7 Å². The average Bonchev–Trinajstić information content (AvgIpc) is 3.00. The van der Waals surface area contributed by atoms with E-state index in [1.54, 1.807) is 6.92 Å². The Labute approximate surface area is 145 Å². The Hall–Kier alpha value is -1.84. The van der Waals surface area contributed by atoms with E-state index in [-0.39, 0.29) is 17.2 Å². The van der Waals surface area contributed by atoms with Gasteiger partial charge in [0, 0.05) is 31.6 Å². The fraction of sp³-hybridized carbons (Fsp3) is 0.600. The van der Waals surface area contributed by atoms with Crippen LogP contribution in [0.5, 0.6) is 0 Å². The zero-order valence-electron chi connectivity index (χ0n) is 15.4. The number of hydrogen-bond donors (Lipinski definition) is 1. The van der Waals surface area contributed by atoms with E-state index in [1.807, 2.05) is 17.0 Å². The number of hydrogen-bond acceptors (Lipinski definition) is 2. The molecule has 0 unspecified atom stereocenters. The maximum atomic E-state index is 12.2. The number of rotatable bonds is 5. The van der Waals surface area contributed by atoms with Crippen molar-refractivity contribution in [3.63, 3.8) is 0 Å². The van der Waals surface area contributed by atoms with Crippen LogP contribution in [0.2, 0.25) is 0 Å². The third kappa shape index (κ3) is 5.08. The van der Waals surface area contributed by atoms with E-state index in [4.69, 9.17) is 0 Å². The van der Waals surface area contributed by atoms with Crippen molar-refractivity contribution >= 4 is 17.5 Å². The monoisotopic (exact) mass is 330 g/mol. The van der Waals surface area contributed by atoms with E-state index < -0.39 is 0 Å². The van der Waals surface area contributed by atoms with Crippen molar-refractivity contribution in [2.75, 3.05) is 11.9 Å². The largest absolute Gasteiger partial charge is 0.339 e. The molecule has 24 heavy (non-hydrogen) atoms. The molecule has 2 amide bonds. The van der Waals surface area contributed by atoms with E-state index in [0.717, 1.165) is 18.5 Å². The van der Waals surface area contributed by atoms with Gasteiger partial charge in [-0.15, -0.1) is 0 Å². The van der Waals surface area contributed by atoms with Gasteiger partial charge in [0.15, 0.2) is 0 Å². The lowest BCUT2D eigenvalue weighted by Gasteiger charge is -2.27. The molecule has 0 heterocycles. The zero-order chi connectivity index (χ0) is 17.7. The fourth-order valence-corrected chi connectivity index (χ4v) is 3.31. The number of nitrogens with zero attached hydrogens (tertiary/aromatic N) is 1. The zero-order valence-corrected chi connectivity index (χ0v) is 15.4. The number of nitrogens with one attached hydrogen (secondary N) is 1. The molecule has 0 spiro atoms. The Morgan fingerprint density at radius 2 is 1.71 bits per heavy atom. The van der Waals surface area contributed by atoms with Crippen LogP contribution in [0.4, 0.5) is 5.69 Å². The molecule has 4 heteroatoms. The SMILES string of the molecule is CC(=O)N(CCC(=O)Nc1ccc(C(C)(C)C)cc1)C1CCCC1. The lowest BCUT2D eigenvalue weighted by atomic mass is 9.87. The van der Waals surface area contributed by atoms with Crippen LogP contribution in [0, 0.1) is 0 Å². The van der Waals surface area contributed by atoms with Gasteiger partial charge in [-0.2, -0.15) is 0 Å². The van der Waals surface area contributed by atoms with Crippen molar-refractivity contribution in [3.05, 3.63) is 29.8 Å². The summed E-state index contributed by atoms with van der Waals surface area (Å²) in [5, 5.41) is 2.93. The molecular formula is C20H30N2O2. The molecule has 1 aromatic carbocycles. The highest BCUT2D eigenvalue weighted by Crippen LogP contribution is 2.25. The van der Waals surface area contributed by atoms with Gasteiger partial charge >= 0.3 is 0 Å². The lowest BCUT2D eigenvalue weighted by Crippen LogP contribution is -2.39. The average molecular weight is 330 g/mol. The van der Waals surface area contributed by atoms with Crippen molar-refractivity contribution in [2.45, 2.75) is 71.3 Å². The predicted molar refractivity (Wildman–Crippen MR) is 98.0 cm³/mol. The first-order valence-electron chi connectivity index (χ1n) is 8.95. The summed E-state index contributed by atoms with van der Waals surface area (Å²) in [5.74, 6) is 0.0342. The Morgan fingerprint density at radius 3 is 2.21 bits per heavy atom. The van der Waals surface area contributed by atoms with Gasteiger partial charge in [0.25, 0.3) is 0 Å². The Morgan fingerprint density at radius 1 is 1.12 bits per heavy atom. The Bertz CT molecular complexity index is 566. The second-order valence-electron chi connectivity index (χ2n) is 7.78. The second kappa shape index (κ2) is 7.82. The summed E-state index contributed by atoms with van der Waals surface area (Å²) in [6, 6.07) is 8.31. The molecule has 0 bridgehead atoms. The van der Waals surface area contributed by atoms with Crippen LogP contribution < -0.4 is 5.32 Å². The molecule has 0 aromatic heterocycles. The van der Waals surface area contributed by atoms with Crippen LogP contribution in [0.15, 0.2) is 24.3 Å². The molecule has 1 fully saturated rings. The molecule has 0 aliphatic heterocycles. The molecule has 2 rings (SSSR count). The summed E-state index contributed by atoms with van der Waals surface area (Å²) in [5.41, 5.74) is 2.15. The first-order valence-corrected chi connectivity index (χ1v) is 8.95. The highest BCUT2D eigenvalue weighted by Gasteiger charge is 2.24. The number of carbonyl (C=O) groups excluding carboxylic acids is 2. The minimum absolute atomic E-state index is 0.0391. The number of carbonyl (C=O) groups is 2. The predicted octanol–water partition coefficient (Wildman–Crippen LogP) is 4.10. The van der Waals surface area contributed by atoms with Gasteiger partial charge < -0.3 is 10.2 Å². The Balaban J connectivity index is 1.87. The highest BCUT2D eigenvalue weighted by atomic mass is 16.2. The van der Waals surface area contributed by atoms with Crippen molar-refractivity contribution in [3.8, 4) is 0 Å². The Kier molecular flexibility index (Phi) is 6.03. The second-order valence-corrected chi connectivity index (χ2v) is 7.78. The molecule has 4 nitrogen and oxygen atoms in total. The van der Waals surface area contributed by atoms with E-state index in [2.05, 4.69) is 38.2 Å². The summed E-state index contributed by atoms with van der Waals surface area (Å²) in [6.45, 7) is 8.60. The topological polar surface area (TPSA) is 49.4 Å². The van der Waals surface area contributed by atoms with Crippen LogP contribution in [-0.2, 0) is 15.0 Å². The van der Waals surface area contributed by atoms with Gasteiger partial charge in [-0.3, -0.25) is 9.59 Å². The molecule has 0 atom stereocenters. The van der Waals surface area contributed by atoms with E-state index in [9.17, 15) is 9.59 Å². The lowest BCUT2D eigenvalue weighted by molar-refractivity contribution is -0.131. The van der Waals surface area contributed by atoms with Crippen molar-refractivity contribution in [1.29, 1.82) is 0 Å². The van der Waals surface area contributed by atoms with Gasteiger partial charge in [-0.05, 0) is 36.0 Å². The van der Waals surface area contributed by atoms with Gasteiger partial charge in [0.1, 0.15) is 0 Å². The first-order chi connectivity index (χ1) is 11.3. The molecule has 1 N–H and O–H groups in total. The quantitative estimate of drug-likeness (QED) is 0.883. The first kappa shape index (κ1) is 18.5. The molecule has 1 aliphatic carbocycles. The molecule has 1 aliphatic rings. The molecular weight excluding hydrogens is 300 g/mol. The van der Waals surface area contributed by atoms with Crippen LogP contribution in [0.1, 0.15) is 65.4 Å². The van der Waals surface area contributed by atoms with Crippen molar-refractivity contribution < 1.29 is 9.59 Å². The smallest absolute Gasteiger partial charge is 0.226 e. The minimum atomic E-state index is -0.0391. The van der Waals surface area contributed by atoms with Crippen molar-refractivity contribution in [1.82, 2.24) is 4.90 Å². The van der Waals surface area contributed by atoms with E-state index in [1.165, 1.54) is 18.4 Å². The molecule has 1 saturated carbocycles. The minimum Gasteiger partial charge on any atom is -0.339 e. The molecule has 0 radical (unpaired) electrons. The van der Waals surface area contributed by atoms with Gasteiger partial charge in [0.05, 0.1) is 0 Å². The van der Waals surface area contributed by atoms with Crippen LogP contribution >= 0.6 is 0 Å². The fourth-order valence-electron chi connectivity index (χ4n) is 3.31. The normalized spacial score (nSPS) is 15.3.